The van der Waals surface area contributed by atoms with Crippen molar-refractivity contribution >= 4 is 5.78 Å². The van der Waals surface area contributed by atoms with Crippen molar-refractivity contribution in [1.29, 1.82) is 0 Å². The van der Waals surface area contributed by atoms with Crippen molar-refractivity contribution in [3.8, 4) is 11.5 Å². The molecule has 1 rings (SSSR count). The molecule has 15 heavy (non-hydrogen) atoms. The third-order valence-electron chi connectivity index (χ3n) is 1.92. The van der Waals surface area contributed by atoms with Crippen LogP contribution in [0.25, 0.3) is 0 Å². The minimum absolute atomic E-state index is 0.0670. The standard InChI is InChI=1S/C11H14O4/c1-8(13)10-4-3-9(7-11(10)14)15-6-2-5-12/h3-4,7,12,14H,2,5-6H2,1H3. The molecule has 0 aliphatic carbocycles. The lowest BCUT2D eigenvalue weighted by Gasteiger charge is -2.06. The van der Waals surface area contributed by atoms with Crippen LogP contribution in [0.4, 0.5) is 0 Å². The largest absolute Gasteiger partial charge is 0.507 e. The quantitative estimate of drug-likeness (QED) is 0.568. The summed E-state index contributed by atoms with van der Waals surface area (Å²) in [6.07, 6.45) is 0.537. The van der Waals surface area contributed by atoms with Crippen molar-refractivity contribution in [3.05, 3.63) is 23.8 Å². The maximum atomic E-state index is 11.0. The predicted octanol–water partition coefficient (Wildman–Crippen LogP) is 1.36. The number of carbonyl (C=O) groups excluding carboxylic acids is 1. The molecule has 0 unspecified atom stereocenters. The van der Waals surface area contributed by atoms with Crippen LogP contribution in [-0.4, -0.2) is 29.2 Å². The number of rotatable bonds is 5. The Balaban J connectivity index is 2.69. The lowest BCUT2D eigenvalue weighted by Crippen LogP contribution is -2.00. The zero-order valence-electron chi connectivity index (χ0n) is 8.56. The fraction of sp³-hybridized carbons (Fsp3) is 0.364. The zero-order chi connectivity index (χ0) is 11.3. The number of Topliss-reactive ketones (excluding diaryl/α,β-unsaturated/α-hetero) is 1. The molecule has 0 fully saturated rings. The minimum atomic E-state index is -0.186. The van der Waals surface area contributed by atoms with E-state index in [4.69, 9.17) is 9.84 Å². The summed E-state index contributed by atoms with van der Waals surface area (Å²) in [5.74, 6) is 0.226. The van der Waals surface area contributed by atoms with E-state index in [0.29, 0.717) is 18.8 Å². The van der Waals surface area contributed by atoms with E-state index in [2.05, 4.69) is 0 Å². The van der Waals surface area contributed by atoms with Crippen LogP contribution < -0.4 is 4.74 Å². The van der Waals surface area contributed by atoms with Crippen molar-refractivity contribution in [2.24, 2.45) is 0 Å². The SMILES string of the molecule is CC(=O)c1ccc(OCCCO)cc1O. The maximum absolute atomic E-state index is 11.0. The Kier molecular flexibility index (Phi) is 4.12. The average Bonchev–Trinajstić information content (AvgIpc) is 2.17. The van der Waals surface area contributed by atoms with Gasteiger partial charge in [-0.15, -0.1) is 0 Å². The second kappa shape index (κ2) is 5.36. The van der Waals surface area contributed by atoms with Gasteiger partial charge in [0.25, 0.3) is 0 Å². The second-order valence-corrected chi connectivity index (χ2v) is 3.16. The Morgan fingerprint density at radius 3 is 2.73 bits per heavy atom. The number of hydrogen-bond donors (Lipinski definition) is 2. The monoisotopic (exact) mass is 210 g/mol. The van der Waals surface area contributed by atoms with E-state index in [-0.39, 0.29) is 23.7 Å². The van der Waals surface area contributed by atoms with Gasteiger partial charge in [-0.25, -0.2) is 0 Å². The second-order valence-electron chi connectivity index (χ2n) is 3.16. The third kappa shape index (κ3) is 3.25. The molecule has 0 spiro atoms. The molecule has 0 bridgehead atoms. The summed E-state index contributed by atoms with van der Waals surface area (Å²) in [4.78, 5) is 11.0. The van der Waals surface area contributed by atoms with E-state index in [1.165, 1.54) is 19.1 Å². The van der Waals surface area contributed by atoms with Gasteiger partial charge in [0.15, 0.2) is 5.78 Å². The molecule has 0 radical (unpaired) electrons. The Hall–Kier alpha value is -1.55. The molecule has 0 aromatic heterocycles. The number of aliphatic hydroxyl groups is 1. The Morgan fingerprint density at radius 2 is 2.20 bits per heavy atom. The van der Waals surface area contributed by atoms with Crippen molar-refractivity contribution in [1.82, 2.24) is 0 Å². The summed E-state index contributed by atoms with van der Waals surface area (Å²) >= 11 is 0. The molecule has 2 N–H and O–H groups in total. The number of carbonyl (C=O) groups is 1. The summed E-state index contributed by atoms with van der Waals surface area (Å²) in [7, 11) is 0. The van der Waals surface area contributed by atoms with E-state index in [1.807, 2.05) is 0 Å². The van der Waals surface area contributed by atoms with Crippen molar-refractivity contribution in [2.75, 3.05) is 13.2 Å². The first-order valence-corrected chi connectivity index (χ1v) is 4.72. The van der Waals surface area contributed by atoms with E-state index in [1.54, 1.807) is 6.07 Å². The first-order chi connectivity index (χ1) is 7.15. The fourth-order valence-electron chi connectivity index (χ4n) is 1.15. The highest BCUT2D eigenvalue weighted by atomic mass is 16.5. The van der Waals surface area contributed by atoms with Gasteiger partial charge in [-0.3, -0.25) is 4.79 Å². The molecule has 4 heteroatoms. The summed E-state index contributed by atoms with van der Waals surface area (Å²) < 4.78 is 5.23. The van der Waals surface area contributed by atoms with Gasteiger partial charge in [-0.05, 0) is 19.1 Å². The summed E-state index contributed by atoms with van der Waals surface area (Å²) in [6.45, 7) is 1.84. The first kappa shape index (κ1) is 11.5. The van der Waals surface area contributed by atoms with Gasteiger partial charge in [0.05, 0.1) is 12.2 Å². The number of phenolic OH excluding ortho intramolecular Hbond substituents is 1. The Morgan fingerprint density at radius 1 is 1.47 bits per heavy atom. The van der Waals surface area contributed by atoms with Gasteiger partial charge in [0.2, 0.25) is 0 Å². The highest BCUT2D eigenvalue weighted by Gasteiger charge is 2.07. The molecule has 0 saturated carbocycles. The molecule has 0 heterocycles. The van der Waals surface area contributed by atoms with E-state index in [9.17, 15) is 9.90 Å². The highest BCUT2D eigenvalue weighted by Crippen LogP contribution is 2.23. The van der Waals surface area contributed by atoms with Gasteiger partial charge in [-0.2, -0.15) is 0 Å². The average molecular weight is 210 g/mol. The lowest BCUT2D eigenvalue weighted by molar-refractivity contribution is 0.101. The summed E-state index contributed by atoms with van der Waals surface area (Å²) in [6, 6.07) is 4.54. The molecule has 1 aromatic rings. The van der Waals surface area contributed by atoms with Crippen LogP contribution in [0, 0.1) is 0 Å². The number of phenols is 1. The van der Waals surface area contributed by atoms with Gasteiger partial charge >= 0.3 is 0 Å². The molecule has 0 amide bonds. The predicted molar refractivity (Wildman–Crippen MR) is 55.3 cm³/mol. The van der Waals surface area contributed by atoms with Crippen LogP contribution in [0.5, 0.6) is 11.5 Å². The van der Waals surface area contributed by atoms with Crippen LogP contribution in [0.1, 0.15) is 23.7 Å². The molecule has 4 nitrogen and oxygen atoms in total. The number of ketones is 1. The topological polar surface area (TPSA) is 66.8 Å². The molecule has 0 atom stereocenters. The summed E-state index contributed by atoms with van der Waals surface area (Å²) in [5, 5.41) is 18.0. The van der Waals surface area contributed by atoms with Gasteiger partial charge < -0.3 is 14.9 Å². The number of ether oxygens (including phenoxy) is 1. The molecule has 0 aliphatic rings. The molecular formula is C11H14O4. The fourth-order valence-corrected chi connectivity index (χ4v) is 1.15. The number of aromatic hydroxyl groups is 1. The zero-order valence-corrected chi connectivity index (χ0v) is 8.56. The van der Waals surface area contributed by atoms with Crippen LogP contribution in [0.2, 0.25) is 0 Å². The highest BCUT2D eigenvalue weighted by molar-refractivity contribution is 5.96. The van der Waals surface area contributed by atoms with Gasteiger partial charge in [-0.1, -0.05) is 0 Å². The van der Waals surface area contributed by atoms with Crippen molar-refractivity contribution < 1.29 is 19.7 Å². The van der Waals surface area contributed by atoms with Gasteiger partial charge in [0, 0.05) is 19.1 Å². The first-order valence-electron chi connectivity index (χ1n) is 4.72. The number of benzene rings is 1. The Labute approximate surface area is 88.1 Å². The van der Waals surface area contributed by atoms with E-state index in [0.717, 1.165) is 0 Å². The minimum Gasteiger partial charge on any atom is -0.507 e. The third-order valence-corrected chi connectivity index (χ3v) is 1.92. The number of aliphatic hydroxyl groups excluding tert-OH is 1. The molecule has 82 valence electrons. The molecular weight excluding hydrogens is 196 g/mol. The van der Waals surface area contributed by atoms with Crippen molar-refractivity contribution in [3.63, 3.8) is 0 Å². The van der Waals surface area contributed by atoms with E-state index >= 15 is 0 Å². The van der Waals surface area contributed by atoms with Crippen LogP contribution in [0.15, 0.2) is 18.2 Å². The van der Waals surface area contributed by atoms with E-state index < -0.39 is 0 Å². The number of hydrogen-bond acceptors (Lipinski definition) is 4. The smallest absolute Gasteiger partial charge is 0.163 e. The molecule has 1 aromatic carbocycles. The van der Waals surface area contributed by atoms with Gasteiger partial charge in [0.1, 0.15) is 11.5 Å². The normalized spacial score (nSPS) is 10.0. The molecule has 0 aliphatic heterocycles. The summed E-state index contributed by atoms with van der Waals surface area (Å²) in [5.41, 5.74) is 0.282. The van der Waals surface area contributed by atoms with Crippen LogP contribution in [-0.2, 0) is 0 Å². The molecule has 0 saturated heterocycles. The lowest BCUT2D eigenvalue weighted by atomic mass is 10.1. The van der Waals surface area contributed by atoms with Crippen LogP contribution in [0.3, 0.4) is 0 Å². The maximum Gasteiger partial charge on any atom is 0.163 e. The van der Waals surface area contributed by atoms with Crippen molar-refractivity contribution in [2.45, 2.75) is 13.3 Å². The van der Waals surface area contributed by atoms with Crippen LogP contribution >= 0.6 is 0 Å². The Bertz CT molecular complexity index is 346.